The van der Waals surface area contributed by atoms with Gasteiger partial charge in [-0.15, -0.1) is 0 Å². The molecule has 18 heavy (non-hydrogen) atoms. The van der Waals surface area contributed by atoms with Crippen LogP contribution in [0.1, 0.15) is 68.7 Å². The van der Waals surface area contributed by atoms with Crippen molar-refractivity contribution in [3.63, 3.8) is 0 Å². The molecule has 108 valence electrons. The predicted octanol–water partition coefficient (Wildman–Crippen LogP) is 6.12. The molecule has 0 radical (unpaired) electrons. The molecule has 0 amide bonds. The molecule has 0 spiro atoms. The van der Waals surface area contributed by atoms with Crippen molar-refractivity contribution in [2.24, 2.45) is 0 Å². The second-order valence-corrected chi connectivity index (χ2v) is 14.9. The van der Waals surface area contributed by atoms with Gasteiger partial charge in [0.1, 0.15) is 0 Å². The van der Waals surface area contributed by atoms with Crippen LogP contribution < -0.4 is 0 Å². The third-order valence-corrected chi connectivity index (χ3v) is 12.9. The lowest BCUT2D eigenvalue weighted by molar-refractivity contribution is 0.671. The summed E-state index contributed by atoms with van der Waals surface area (Å²) in [5.41, 5.74) is 2.24. The molecule has 1 unspecified atom stereocenters. The van der Waals surface area contributed by atoms with Gasteiger partial charge in [0, 0.05) is 1.43 Å². The summed E-state index contributed by atoms with van der Waals surface area (Å²) < 4.78 is 0. The van der Waals surface area contributed by atoms with Gasteiger partial charge in [0.05, 0.1) is 0 Å². The molecule has 2 heteroatoms. The first kappa shape index (κ1) is 15.3. The average molecular weight is 288 g/mol. The summed E-state index contributed by atoms with van der Waals surface area (Å²) >= 11 is 0. The molecule has 4 atom stereocenters. The lowest BCUT2D eigenvalue weighted by Gasteiger charge is -2.42. The van der Waals surface area contributed by atoms with Crippen LogP contribution in [0.2, 0.25) is 0 Å². The van der Waals surface area contributed by atoms with Crippen molar-refractivity contribution in [1.82, 2.24) is 0 Å². The van der Waals surface area contributed by atoms with Crippen LogP contribution >= 0.6 is 15.8 Å². The van der Waals surface area contributed by atoms with Gasteiger partial charge in [-0.3, -0.25) is 0 Å². The molecule has 0 aromatic rings. The van der Waals surface area contributed by atoms with E-state index in [9.17, 15) is 0 Å². The zero-order valence-corrected chi connectivity index (χ0v) is 15.1. The summed E-state index contributed by atoms with van der Waals surface area (Å²) in [6, 6.07) is 0. The molecule has 2 heterocycles. The first-order valence-corrected chi connectivity index (χ1v) is 10.9. The van der Waals surface area contributed by atoms with E-state index in [1.54, 1.807) is 25.2 Å². The normalized spacial score (nSPS) is 38.3. The van der Waals surface area contributed by atoms with E-state index in [4.69, 9.17) is 0 Å². The molecule has 2 saturated heterocycles. The van der Waals surface area contributed by atoms with Gasteiger partial charge in [0.2, 0.25) is 0 Å². The second-order valence-electron chi connectivity index (χ2n) is 8.15. The van der Waals surface area contributed by atoms with E-state index in [0.29, 0.717) is 10.3 Å². The van der Waals surface area contributed by atoms with Crippen molar-refractivity contribution in [1.29, 1.82) is 0 Å². The van der Waals surface area contributed by atoms with Crippen molar-refractivity contribution in [2.45, 2.75) is 88.9 Å². The summed E-state index contributed by atoms with van der Waals surface area (Å²) in [5.74, 6) is 0. The van der Waals surface area contributed by atoms with Crippen molar-refractivity contribution < 1.29 is 1.43 Å². The van der Waals surface area contributed by atoms with Crippen LogP contribution in [0.4, 0.5) is 0 Å². The molecule has 2 aliphatic rings. The summed E-state index contributed by atoms with van der Waals surface area (Å²) in [6.45, 7) is 15.0. The fourth-order valence-corrected chi connectivity index (χ4v) is 12.2. The van der Waals surface area contributed by atoms with Crippen LogP contribution in [0.5, 0.6) is 0 Å². The maximum absolute atomic E-state index is 2.51. The Bertz CT molecular complexity index is 260. The van der Waals surface area contributed by atoms with Crippen molar-refractivity contribution in [3.8, 4) is 0 Å². The zero-order chi connectivity index (χ0) is 13.6. The van der Waals surface area contributed by atoms with E-state index >= 15 is 0 Å². The van der Waals surface area contributed by atoms with E-state index in [-0.39, 0.29) is 17.3 Å². The van der Waals surface area contributed by atoms with Gasteiger partial charge in [-0.1, -0.05) is 57.4 Å². The highest BCUT2D eigenvalue weighted by atomic mass is 31.1. The summed E-state index contributed by atoms with van der Waals surface area (Å²) in [5, 5.41) is 1.19. The maximum atomic E-state index is 2.51. The highest BCUT2D eigenvalue weighted by Gasteiger charge is 2.46. The minimum absolute atomic E-state index is 0. The fourth-order valence-electron chi connectivity index (χ4n) is 4.05. The smallest absolute Gasteiger partial charge is 0 e. The van der Waals surface area contributed by atoms with E-state index in [1.165, 1.54) is 12.8 Å². The molecule has 2 rings (SSSR count). The molecule has 0 aromatic carbocycles. The van der Waals surface area contributed by atoms with E-state index in [1.807, 2.05) is 0 Å². The average Bonchev–Trinajstić information content (AvgIpc) is 2.83. The molecule has 0 aliphatic carbocycles. The predicted molar refractivity (Wildman–Crippen MR) is 91.2 cm³/mol. The van der Waals surface area contributed by atoms with E-state index in [0.717, 1.165) is 11.3 Å². The molecule has 0 saturated carbocycles. The lowest BCUT2D eigenvalue weighted by atomic mass is 10.1. The number of rotatable bonds is 1. The molecule has 0 aromatic heterocycles. The topological polar surface area (TPSA) is 0 Å². The van der Waals surface area contributed by atoms with Gasteiger partial charge in [-0.2, -0.15) is 0 Å². The summed E-state index contributed by atoms with van der Waals surface area (Å²) in [7, 11) is 0.564. The van der Waals surface area contributed by atoms with E-state index in [2.05, 4.69) is 41.5 Å². The Balaban J connectivity index is 0.00000180. The SMILES string of the molecule is CC(C)(C)[P@]1CCCC1[C@H]1CCC[P@@]1C(C)(C)C.[HH]. The molecular formula is C16H34P2. The zero-order valence-electron chi connectivity index (χ0n) is 13.3. The monoisotopic (exact) mass is 288 g/mol. The highest BCUT2D eigenvalue weighted by Crippen LogP contribution is 2.69. The Morgan fingerprint density at radius 2 is 1.06 bits per heavy atom. The van der Waals surface area contributed by atoms with Crippen molar-refractivity contribution in [2.75, 3.05) is 12.3 Å². The molecule has 2 aliphatic heterocycles. The van der Waals surface area contributed by atoms with Gasteiger partial charge in [-0.05, 0) is 59.6 Å². The maximum Gasteiger partial charge on any atom is 0 e. The summed E-state index contributed by atoms with van der Waals surface area (Å²) in [4.78, 5) is 0. The summed E-state index contributed by atoms with van der Waals surface area (Å²) in [6.07, 6.45) is 9.29. The minimum Gasteiger partial charge on any atom is -0.0974 e. The molecule has 0 N–H and O–H groups in total. The Hall–Kier alpha value is 0.860. The van der Waals surface area contributed by atoms with Crippen LogP contribution in [0.25, 0.3) is 0 Å². The van der Waals surface area contributed by atoms with Crippen molar-refractivity contribution in [3.05, 3.63) is 0 Å². The Morgan fingerprint density at radius 1 is 0.722 bits per heavy atom. The third-order valence-electron chi connectivity index (χ3n) is 4.77. The first-order valence-electron chi connectivity index (χ1n) is 7.75. The molecule has 0 nitrogen and oxygen atoms in total. The van der Waals surface area contributed by atoms with Crippen LogP contribution in [0, 0.1) is 0 Å². The van der Waals surface area contributed by atoms with Gasteiger partial charge < -0.3 is 0 Å². The largest absolute Gasteiger partial charge is 0.0974 e. The highest BCUT2D eigenvalue weighted by molar-refractivity contribution is 7.64. The van der Waals surface area contributed by atoms with Gasteiger partial charge in [-0.25, -0.2) is 0 Å². The second kappa shape index (κ2) is 5.33. The number of hydrogen-bond donors (Lipinski definition) is 0. The van der Waals surface area contributed by atoms with E-state index < -0.39 is 0 Å². The first-order chi connectivity index (χ1) is 8.21. The van der Waals surface area contributed by atoms with Gasteiger partial charge in [0.15, 0.2) is 0 Å². The third kappa shape index (κ3) is 3.12. The van der Waals surface area contributed by atoms with Crippen LogP contribution in [0.3, 0.4) is 0 Å². The van der Waals surface area contributed by atoms with Gasteiger partial charge in [0.25, 0.3) is 0 Å². The lowest BCUT2D eigenvalue weighted by Crippen LogP contribution is -2.29. The Kier molecular flexibility index (Phi) is 4.52. The quantitative estimate of drug-likeness (QED) is 0.510. The molecule has 0 bridgehead atoms. The minimum atomic E-state index is 0. The van der Waals surface area contributed by atoms with Crippen LogP contribution in [0.15, 0.2) is 0 Å². The molecule has 2 fully saturated rings. The fraction of sp³-hybridized carbons (Fsp3) is 1.00. The van der Waals surface area contributed by atoms with Crippen molar-refractivity contribution >= 4 is 15.8 Å². The number of hydrogen-bond acceptors (Lipinski definition) is 0. The Labute approximate surface area is 119 Å². The standard InChI is InChI=1S/C16H32P2.H2/c1-15(2,3)17-11-7-9-13(17)14-10-8-12-18(14)16(4,5)6;/h13-14H,7-12H2,1-6H3;1H/t13-,14?,17-,18-;/m1./s1. The molecular weight excluding hydrogens is 254 g/mol. The van der Waals surface area contributed by atoms with Gasteiger partial charge >= 0.3 is 0 Å². The van der Waals surface area contributed by atoms with Crippen LogP contribution in [-0.2, 0) is 0 Å². The van der Waals surface area contributed by atoms with Crippen LogP contribution in [-0.4, -0.2) is 34.0 Å². The Morgan fingerprint density at radius 3 is 1.33 bits per heavy atom.